The Bertz CT molecular complexity index is 424. The molecule has 140 valence electrons. The summed E-state index contributed by atoms with van der Waals surface area (Å²) < 4.78 is 0. The molecule has 1 aliphatic heterocycles. The Morgan fingerprint density at radius 3 is 2.38 bits per heavy atom. The first kappa shape index (κ1) is 20.9. The molecular weight excluding hydrogens is 312 g/mol. The summed E-state index contributed by atoms with van der Waals surface area (Å²) in [6.45, 7) is 8.02. The van der Waals surface area contributed by atoms with Gasteiger partial charge in [0, 0.05) is 0 Å². The molecule has 0 amide bonds. The molecule has 1 heterocycles. The lowest BCUT2D eigenvalue weighted by molar-refractivity contribution is -0.424. The number of carbonyl (C=O) groups is 2. The van der Waals surface area contributed by atoms with Gasteiger partial charge in [0.05, 0.1) is 12.3 Å². The van der Waals surface area contributed by atoms with Gasteiger partial charge in [-0.25, -0.2) is 9.78 Å². The van der Waals surface area contributed by atoms with Gasteiger partial charge in [-0.3, -0.25) is 9.59 Å². The van der Waals surface area contributed by atoms with Crippen LogP contribution in [0.1, 0.15) is 72.6 Å². The maximum atomic E-state index is 11.2. The molecule has 1 rings (SSSR count). The quantitative estimate of drug-likeness (QED) is 0.584. The number of hydrogen-bond donors (Lipinski definition) is 2. The van der Waals surface area contributed by atoms with Crippen molar-refractivity contribution in [2.75, 3.05) is 0 Å². The fourth-order valence-electron chi connectivity index (χ4n) is 3.78. The van der Waals surface area contributed by atoms with Crippen molar-refractivity contribution in [2.24, 2.45) is 17.8 Å². The molecule has 0 radical (unpaired) electrons. The molecule has 1 saturated heterocycles. The molecule has 2 N–H and O–H groups in total. The summed E-state index contributed by atoms with van der Waals surface area (Å²) in [5, 5.41) is 18.2. The molecule has 0 aliphatic carbocycles. The first-order valence-electron chi connectivity index (χ1n) is 9.05. The molecule has 6 nitrogen and oxygen atoms in total. The molecule has 1 fully saturated rings. The number of aliphatic carboxylic acids is 2. The molecule has 0 bridgehead atoms. The molecule has 6 heteroatoms. The lowest BCUT2D eigenvalue weighted by Gasteiger charge is -2.43. The van der Waals surface area contributed by atoms with Gasteiger partial charge in [0.15, 0.2) is 0 Å². The smallest absolute Gasteiger partial charge is 0.306 e. The third kappa shape index (κ3) is 5.74. The summed E-state index contributed by atoms with van der Waals surface area (Å²) in [6, 6.07) is 0. The number of hydrogen-bond acceptors (Lipinski definition) is 4. The highest BCUT2D eigenvalue weighted by Crippen LogP contribution is 2.41. The second-order valence-corrected chi connectivity index (χ2v) is 7.21. The Hall–Kier alpha value is -1.14. The van der Waals surface area contributed by atoms with E-state index in [9.17, 15) is 14.7 Å². The van der Waals surface area contributed by atoms with Crippen molar-refractivity contribution >= 4 is 11.9 Å². The summed E-state index contributed by atoms with van der Waals surface area (Å²) in [6.07, 6.45) is 3.85. The van der Waals surface area contributed by atoms with Gasteiger partial charge in [0.2, 0.25) is 0 Å². The van der Waals surface area contributed by atoms with Crippen molar-refractivity contribution in [3.8, 4) is 0 Å². The zero-order chi connectivity index (χ0) is 18.3. The van der Waals surface area contributed by atoms with Gasteiger partial charge in [-0.1, -0.05) is 34.1 Å². The van der Waals surface area contributed by atoms with E-state index in [0.29, 0.717) is 12.8 Å². The highest BCUT2D eigenvalue weighted by molar-refractivity contribution is 5.69. The van der Waals surface area contributed by atoms with Gasteiger partial charge in [-0.05, 0) is 43.9 Å². The van der Waals surface area contributed by atoms with Gasteiger partial charge in [-0.15, -0.1) is 0 Å². The molecule has 2 unspecified atom stereocenters. The fraction of sp³-hybridized carbons (Fsp3) is 0.889. The van der Waals surface area contributed by atoms with E-state index in [1.54, 1.807) is 0 Å². The van der Waals surface area contributed by atoms with E-state index in [4.69, 9.17) is 14.9 Å². The van der Waals surface area contributed by atoms with Crippen LogP contribution in [0.3, 0.4) is 0 Å². The van der Waals surface area contributed by atoms with Crippen LogP contribution in [0.2, 0.25) is 0 Å². The van der Waals surface area contributed by atoms with Crippen LogP contribution in [0.4, 0.5) is 0 Å². The van der Waals surface area contributed by atoms with Crippen LogP contribution >= 0.6 is 0 Å². The van der Waals surface area contributed by atoms with E-state index in [-0.39, 0.29) is 24.2 Å². The predicted molar refractivity (Wildman–Crippen MR) is 89.4 cm³/mol. The molecule has 0 aromatic heterocycles. The van der Waals surface area contributed by atoms with E-state index in [0.717, 1.165) is 25.7 Å². The maximum absolute atomic E-state index is 11.2. The predicted octanol–water partition coefficient (Wildman–Crippen LogP) is 3.88. The molecule has 5 atom stereocenters. The standard InChI is InChI=1S/C18H32O6/c1-5-13(17(21)22)8-12(4)10-18(7-3)11-14(6-2)15(23-24-18)9-16(19)20/h12-15H,5-11H2,1-4H3,(H,19,20)(H,21,22)/t12?,13?,14-,15-,18+/m1/s1. The van der Waals surface area contributed by atoms with Crippen molar-refractivity contribution in [3.63, 3.8) is 0 Å². The van der Waals surface area contributed by atoms with Crippen molar-refractivity contribution in [1.82, 2.24) is 0 Å². The van der Waals surface area contributed by atoms with Crippen molar-refractivity contribution in [3.05, 3.63) is 0 Å². The number of carboxylic acid groups (broad SMARTS) is 2. The van der Waals surface area contributed by atoms with Crippen LogP contribution in [0, 0.1) is 17.8 Å². The monoisotopic (exact) mass is 344 g/mol. The van der Waals surface area contributed by atoms with Crippen LogP contribution in [-0.4, -0.2) is 33.9 Å². The highest BCUT2D eigenvalue weighted by atomic mass is 17.2. The van der Waals surface area contributed by atoms with E-state index in [1.807, 2.05) is 20.8 Å². The highest BCUT2D eigenvalue weighted by Gasteiger charge is 2.43. The molecule has 0 spiro atoms. The number of rotatable bonds is 10. The molecule has 24 heavy (non-hydrogen) atoms. The van der Waals surface area contributed by atoms with E-state index in [2.05, 4.69) is 6.92 Å². The summed E-state index contributed by atoms with van der Waals surface area (Å²) >= 11 is 0. The third-order valence-electron chi connectivity index (χ3n) is 5.30. The maximum Gasteiger partial charge on any atom is 0.306 e. The Morgan fingerprint density at radius 2 is 1.92 bits per heavy atom. The Morgan fingerprint density at radius 1 is 1.25 bits per heavy atom. The van der Waals surface area contributed by atoms with Crippen LogP contribution < -0.4 is 0 Å². The van der Waals surface area contributed by atoms with Crippen molar-refractivity contribution < 1.29 is 29.6 Å². The fourth-order valence-corrected chi connectivity index (χ4v) is 3.78. The van der Waals surface area contributed by atoms with Gasteiger partial charge in [0.25, 0.3) is 0 Å². The second-order valence-electron chi connectivity index (χ2n) is 7.21. The zero-order valence-corrected chi connectivity index (χ0v) is 15.3. The van der Waals surface area contributed by atoms with E-state index >= 15 is 0 Å². The summed E-state index contributed by atoms with van der Waals surface area (Å²) in [4.78, 5) is 33.4. The molecule has 0 saturated carbocycles. The van der Waals surface area contributed by atoms with Crippen molar-refractivity contribution in [2.45, 2.75) is 84.3 Å². The van der Waals surface area contributed by atoms with Crippen LogP contribution in [0.25, 0.3) is 0 Å². The van der Waals surface area contributed by atoms with Gasteiger partial charge < -0.3 is 10.2 Å². The minimum absolute atomic E-state index is 0.0508. The second kappa shape index (κ2) is 9.37. The minimum Gasteiger partial charge on any atom is -0.481 e. The van der Waals surface area contributed by atoms with Crippen LogP contribution in [0.15, 0.2) is 0 Å². The average Bonchev–Trinajstić information content (AvgIpc) is 2.53. The third-order valence-corrected chi connectivity index (χ3v) is 5.30. The summed E-state index contributed by atoms with van der Waals surface area (Å²) in [5.41, 5.74) is -0.452. The first-order valence-corrected chi connectivity index (χ1v) is 9.05. The minimum atomic E-state index is -0.883. The Kier molecular flexibility index (Phi) is 8.16. The number of carboxylic acids is 2. The summed E-state index contributed by atoms with van der Waals surface area (Å²) in [7, 11) is 0. The summed E-state index contributed by atoms with van der Waals surface area (Å²) in [5.74, 6) is -1.62. The van der Waals surface area contributed by atoms with E-state index < -0.39 is 23.6 Å². The van der Waals surface area contributed by atoms with E-state index in [1.165, 1.54) is 0 Å². The first-order chi connectivity index (χ1) is 11.3. The van der Waals surface area contributed by atoms with Crippen LogP contribution in [-0.2, 0) is 19.4 Å². The Balaban J connectivity index is 2.73. The Labute approximate surface area is 144 Å². The SMILES string of the molecule is CCC(CC(C)C[C@@]1(CC)C[C@@H](CC)[C@@H](CC(=O)O)OO1)C(=O)O. The van der Waals surface area contributed by atoms with Gasteiger partial charge in [0.1, 0.15) is 11.7 Å². The van der Waals surface area contributed by atoms with Gasteiger partial charge >= 0.3 is 11.9 Å². The molecule has 0 aromatic rings. The molecular formula is C18H32O6. The van der Waals surface area contributed by atoms with Crippen molar-refractivity contribution in [1.29, 1.82) is 0 Å². The normalized spacial score (nSPS) is 29.8. The lowest BCUT2D eigenvalue weighted by Crippen LogP contribution is -2.46. The lowest BCUT2D eigenvalue weighted by atomic mass is 9.76. The molecule has 0 aromatic carbocycles. The molecule has 1 aliphatic rings. The average molecular weight is 344 g/mol. The largest absolute Gasteiger partial charge is 0.481 e. The topological polar surface area (TPSA) is 93.1 Å². The van der Waals surface area contributed by atoms with Crippen LogP contribution in [0.5, 0.6) is 0 Å². The van der Waals surface area contributed by atoms with Gasteiger partial charge in [-0.2, -0.15) is 0 Å². The zero-order valence-electron chi connectivity index (χ0n) is 15.3.